The molecule has 1 nitrogen and oxygen atoms in total. The molecule has 19 heavy (non-hydrogen) atoms. The lowest BCUT2D eigenvalue weighted by molar-refractivity contribution is 0.271. The van der Waals surface area contributed by atoms with Gasteiger partial charge in [-0.1, -0.05) is 50.0 Å². The van der Waals surface area contributed by atoms with Crippen molar-refractivity contribution in [1.82, 2.24) is 4.90 Å². The van der Waals surface area contributed by atoms with Crippen LogP contribution in [-0.4, -0.2) is 30.3 Å². The van der Waals surface area contributed by atoms with Gasteiger partial charge in [0.15, 0.2) is 0 Å². The minimum Gasteiger partial charge on any atom is -0.304 e. The lowest BCUT2D eigenvalue weighted by atomic mass is 10.2. The average Bonchev–Trinajstić information content (AvgIpc) is 2.38. The van der Waals surface area contributed by atoms with Gasteiger partial charge in [0.25, 0.3) is 0 Å². The highest BCUT2D eigenvalue weighted by Crippen LogP contribution is 2.25. The zero-order valence-electron chi connectivity index (χ0n) is 12.0. The molecule has 0 bridgehead atoms. The van der Waals surface area contributed by atoms with Gasteiger partial charge in [0.2, 0.25) is 0 Å². The summed E-state index contributed by atoms with van der Waals surface area (Å²) in [6.07, 6.45) is 0. The van der Waals surface area contributed by atoms with E-state index in [4.69, 9.17) is 23.2 Å². The van der Waals surface area contributed by atoms with Crippen molar-refractivity contribution in [2.24, 2.45) is 5.92 Å². The van der Waals surface area contributed by atoms with Gasteiger partial charge in [0.1, 0.15) is 0 Å². The van der Waals surface area contributed by atoms with Crippen LogP contribution in [0, 0.1) is 5.92 Å². The second kappa shape index (κ2) is 9.12. The molecule has 1 atom stereocenters. The quantitative estimate of drug-likeness (QED) is 0.647. The maximum Gasteiger partial charge on any atom is 0.0461 e. The molecule has 1 unspecified atom stereocenters. The maximum absolute atomic E-state index is 6.17. The number of benzene rings is 1. The van der Waals surface area contributed by atoms with E-state index in [1.54, 1.807) is 0 Å². The summed E-state index contributed by atoms with van der Waals surface area (Å²) in [7, 11) is 0. The molecule has 0 aromatic heterocycles. The summed E-state index contributed by atoms with van der Waals surface area (Å²) >= 11 is 14.0. The Labute approximate surface area is 131 Å². The Morgan fingerprint density at radius 2 is 1.89 bits per heavy atom. The van der Waals surface area contributed by atoms with E-state index in [0.29, 0.717) is 10.9 Å². The summed E-state index contributed by atoms with van der Waals surface area (Å²) in [6, 6.07) is 5.74. The maximum atomic E-state index is 6.17. The molecule has 4 heteroatoms. The van der Waals surface area contributed by atoms with Gasteiger partial charge < -0.3 is 4.90 Å². The Morgan fingerprint density at radius 1 is 1.21 bits per heavy atom. The first-order chi connectivity index (χ1) is 9.06. The number of rotatable bonds is 8. The normalized spacial score (nSPS) is 12.9. The van der Waals surface area contributed by atoms with E-state index in [2.05, 4.69) is 25.7 Å². The highest BCUT2D eigenvalue weighted by atomic mass is 35.5. The summed E-state index contributed by atoms with van der Waals surface area (Å²) in [6.45, 7) is 10.2. The molecule has 0 spiro atoms. The van der Waals surface area contributed by atoms with Gasteiger partial charge in [-0.2, -0.15) is 11.8 Å². The first kappa shape index (κ1) is 17.2. The fourth-order valence-corrected chi connectivity index (χ4v) is 3.64. The topological polar surface area (TPSA) is 3.24 Å². The minimum absolute atomic E-state index is 0.702. The number of thioether (sulfide) groups is 1. The van der Waals surface area contributed by atoms with Gasteiger partial charge in [0.05, 0.1) is 0 Å². The fourth-order valence-electron chi connectivity index (χ4n) is 1.98. The number of hydrogen-bond donors (Lipinski definition) is 0. The van der Waals surface area contributed by atoms with Gasteiger partial charge in [0, 0.05) is 22.3 Å². The molecule has 0 saturated carbocycles. The lowest BCUT2D eigenvalue weighted by Gasteiger charge is -2.22. The Kier molecular flexibility index (Phi) is 8.24. The molecule has 0 N–H and O–H groups in total. The third-order valence-corrected chi connectivity index (χ3v) is 5.05. The van der Waals surface area contributed by atoms with Crippen LogP contribution in [0.5, 0.6) is 0 Å². The lowest BCUT2D eigenvalue weighted by Crippen LogP contribution is -2.29. The Hall–Kier alpha value is 0.110. The van der Waals surface area contributed by atoms with Crippen LogP contribution in [0.15, 0.2) is 18.2 Å². The molecule has 0 heterocycles. The number of halogens is 2. The molecule has 1 aromatic rings. The largest absolute Gasteiger partial charge is 0.304 e. The van der Waals surface area contributed by atoms with Crippen LogP contribution in [0.3, 0.4) is 0 Å². The Balaban J connectivity index is 2.33. The molecule has 0 fully saturated rings. The van der Waals surface area contributed by atoms with E-state index in [1.807, 2.05) is 30.0 Å². The zero-order valence-corrected chi connectivity index (χ0v) is 14.3. The fraction of sp³-hybridized carbons (Fsp3) is 0.600. The summed E-state index contributed by atoms with van der Waals surface area (Å²) in [4.78, 5) is 2.47. The Bertz CT molecular complexity index is 380. The molecule has 1 rings (SSSR count). The SMILES string of the molecule is CCN(CC)CC(C)CSCc1ccc(Cl)cc1Cl. The van der Waals surface area contributed by atoms with E-state index in [-0.39, 0.29) is 0 Å². The van der Waals surface area contributed by atoms with Crippen molar-refractivity contribution in [1.29, 1.82) is 0 Å². The van der Waals surface area contributed by atoms with Gasteiger partial charge in [-0.15, -0.1) is 0 Å². The van der Waals surface area contributed by atoms with Crippen molar-refractivity contribution in [3.8, 4) is 0 Å². The molecular weight excluding hydrogens is 297 g/mol. The molecule has 0 radical (unpaired) electrons. The van der Waals surface area contributed by atoms with Gasteiger partial charge in [-0.05, 0) is 42.5 Å². The highest BCUT2D eigenvalue weighted by molar-refractivity contribution is 7.98. The van der Waals surface area contributed by atoms with Crippen molar-refractivity contribution in [3.63, 3.8) is 0 Å². The summed E-state index contributed by atoms with van der Waals surface area (Å²) in [5.74, 6) is 2.82. The van der Waals surface area contributed by atoms with E-state index in [9.17, 15) is 0 Å². The number of hydrogen-bond acceptors (Lipinski definition) is 2. The molecular formula is C15H23Cl2NS. The van der Waals surface area contributed by atoms with Gasteiger partial charge in [-0.25, -0.2) is 0 Å². The van der Waals surface area contributed by atoms with Crippen LogP contribution in [0.25, 0.3) is 0 Å². The Morgan fingerprint density at radius 3 is 2.47 bits per heavy atom. The summed E-state index contributed by atoms with van der Waals surface area (Å²) in [5, 5.41) is 1.48. The van der Waals surface area contributed by atoms with Crippen molar-refractivity contribution >= 4 is 35.0 Å². The van der Waals surface area contributed by atoms with Crippen LogP contribution in [0.4, 0.5) is 0 Å². The smallest absolute Gasteiger partial charge is 0.0461 e. The third-order valence-electron chi connectivity index (χ3n) is 3.14. The van der Waals surface area contributed by atoms with Crippen molar-refractivity contribution in [2.45, 2.75) is 26.5 Å². The van der Waals surface area contributed by atoms with Crippen molar-refractivity contribution in [3.05, 3.63) is 33.8 Å². The predicted octanol–water partition coefficient (Wildman–Crippen LogP) is 5.20. The van der Waals surface area contributed by atoms with Crippen LogP contribution in [0.1, 0.15) is 26.3 Å². The summed E-state index contributed by atoms with van der Waals surface area (Å²) in [5.41, 5.74) is 1.17. The molecule has 1 aromatic carbocycles. The van der Waals surface area contributed by atoms with Crippen LogP contribution >= 0.6 is 35.0 Å². The van der Waals surface area contributed by atoms with E-state index >= 15 is 0 Å². The molecule has 0 aliphatic rings. The minimum atomic E-state index is 0.702. The third kappa shape index (κ3) is 6.40. The standard InChI is InChI=1S/C15H23Cl2NS/c1-4-18(5-2)9-12(3)10-19-11-13-6-7-14(16)8-15(13)17/h6-8,12H,4-5,9-11H2,1-3H3. The monoisotopic (exact) mass is 319 g/mol. The van der Waals surface area contributed by atoms with Gasteiger partial charge >= 0.3 is 0 Å². The van der Waals surface area contributed by atoms with E-state index < -0.39 is 0 Å². The second-order valence-electron chi connectivity index (χ2n) is 4.84. The molecule has 108 valence electrons. The molecule has 0 aliphatic carbocycles. The average molecular weight is 320 g/mol. The number of nitrogens with zero attached hydrogens (tertiary/aromatic N) is 1. The van der Waals surface area contributed by atoms with Crippen molar-refractivity contribution in [2.75, 3.05) is 25.4 Å². The molecule has 0 saturated heterocycles. The zero-order chi connectivity index (χ0) is 14.3. The summed E-state index contributed by atoms with van der Waals surface area (Å²) < 4.78 is 0. The molecule has 0 aliphatic heterocycles. The second-order valence-corrected chi connectivity index (χ2v) is 6.72. The van der Waals surface area contributed by atoms with Gasteiger partial charge in [-0.3, -0.25) is 0 Å². The first-order valence-corrected chi connectivity index (χ1v) is 8.71. The molecule has 0 amide bonds. The van der Waals surface area contributed by atoms with Crippen LogP contribution in [-0.2, 0) is 5.75 Å². The van der Waals surface area contributed by atoms with E-state index in [0.717, 1.165) is 29.6 Å². The highest BCUT2D eigenvalue weighted by Gasteiger charge is 2.08. The predicted molar refractivity (Wildman–Crippen MR) is 89.6 cm³/mol. The van der Waals surface area contributed by atoms with Crippen molar-refractivity contribution < 1.29 is 0 Å². The van der Waals surface area contributed by atoms with Crippen LogP contribution in [0.2, 0.25) is 10.0 Å². The first-order valence-electron chi connectivity index (χ1n) is 6.80. The van der Waals surface area contributed by atoms with Crippen LogP contribution < -0.4 is 0 Å². The van der Waals surface area contributed by atoms with E-state index in [1.165, 1.54) is 12.1 Å².